The van der Waals surface area contributed by atoms with Gasteiger partial charge in [-0.15, -0.1) is 0 Å². The minimum atomic E-state index is -0.989. The van der Waals surface area contributed by atoms with Crippen LogP contribution < -0.4 is 16.1 Å². The summed E-state index contributed by atoms with van der Waals surface area (Å²) in [5.74, 6) is -0.181. The molecule has 0 atom stereocenters. The number of anilines is 1. The van der Waals surface area contributed by atoms with Crippen molar-refractivity contribution < 1.29 is 19.4 Å². The maximum atomic E-state index is 12.7. The van der Waals surface area contributed by atoms with Crippen LogP contribution in [0.1, 0.15) is 20.8 Å². The molecule has 3 rings (SSSR count). The van der Waals surface area contributed by atoms with Gasteiger partial charge >= 0.3 is 17.8 Å². The Morgan fingerprint density at radius 1 is 1.16 bits per heavy atom. The second-order valence-corrected chi connectivity index (χ2v) is 7.38. The van der Waals surface area contributed by atoms with Crippen LogP contribution in [0.15, 0.2) is 21.2 Å². The van der Waals surface area contributed by atoms with Gasteiger partial charge in [0, 0.05) is 32.7 Å². The number of carboxylic acid groups (broad SMARTS) is 1. The first kappa shape index (κ1) is 22.1. The largest absolute Gasteiger partial charge is 0.465 e. The third kappa shape index (κ3) is 4.62. The first-order chi connectivity index (χ1) is 14.7. The maximum Gasteiger partial charge on any atom is 0.407 e. The van der Waals surface area contributed by atoms with E-state index >= 15 is 0 Å². The number of carbonyl (C=O) groups excluding carboxylic acids is 1. The lowest BCUT2D eigenvalue weighted by Crippen LogP contribution is -2.49. The second-order valence-electron chi connectivity index (χ2n) is 7.38. The number of hydrogen-bond acceptors (Lipinski definition) is 7. The van der Waals surface area contributed by atoms with Gasteiger partial charge in [-0.05, 0) is 20.8 Å². The molecule has 12 nitrogen and oxygen atoms in total. The Hall–Kier alpha value is -3.57. The Balaban J connectivity index is 2.13. The van der Waals surface area contributed by atoms with Gasteiger partial charge in [0.1, 0.15) is 6.54 Å². The number of nitrogens with one attached hydrogen (secondary N) is 1. The van der Waals surface area contributed by atoms with Crippen LogP contribution in [0.25, 0.3) is 11.2 Å². The van der Waals surface area contributed by atoms with Crippen LogP contribution in [0.4, 0.5) is 10.7 Å². The van der Waals surface area contributed by atoms with Gasteiger partial charge in [0.05, 0.1) is 6.61 Å². The molecule has 0 saturated carbocycles. The quantitative estimate of drug-likeness (QED) is 0.485. The van der Waals surface area contributed by atoms with Crippen molar-refractivity contribution in [2.24, 2.45) is 0 Å². The molecule has 1 amide bonds. The number of imidazole rings is 1. The number of esters is 1. The highest BCUT2D eigenvalue weighted by Gasteiger charge is 2.27. The van der Waals surface area contributed by atoms with Crippen LogP contribution in [0.3, 0.4) is 0 Å². The summed E-state index contributed by atoms with van der Waals surface area (Å²) >= 11 is 0. The number of rotatable bonds is 6. The van der Waals surface area contributed by atoms with Gasteiger partial charge < -0.3 is 24.2 Å². The van der Waals surface area contributed by atoms with Crippen molar-refractivity contribution in [1.82, 2.24) is 24.0 Å². The van der Waals surface area contributed by atoms with Gasteiger partial charge in [-0.1, -0.05) is 11.6 Å². The predicted octanol–water partition coefficient (Wildman–Crippen LogP) is 0.216. The summed E-state index contributed by atoms with van der Waals surface area (Å²) in [6.45, 7) is 6.94. The number of ether oxygens (including phenoxy) is 1. The topological polar surface area (TPSA) is 143 Å². The number of fused-ring (bicyclic) bond motifs is 1. The van der Waals surface area contributed by atoms with E-state index in [1.165, 1.54) is 4.90 Å². The highest BCUT2D eigenvalue weighted by Crippen LogP contribution is 2.21. The van der Waals surface area contributed by atoms with E-state index in [1.54, 1.807) is 11.5 Å². The summed E-state index contributed by atoms with van der Waals surface area (Å²) < 4.78 is 7.71. The summed E-state index contributed by atoms with van der Waals surface area (Å²) in [7, 11) is 0. The number of carbonyl (C=O) groups is 2. The van der Waals surface area contributed by atoms with Gasteiger partial charge in [0.25, 0.3) is 5.56 Å². The smallest absolute Gasteiger partial charge is 0.407 e. The number of allylic oxidation sites excluding steroid dienone is 2. The van der Waals surface area contributed by atoms with Crippen molar-refractivity contribution >= 4 is 29.2 Å². The van der Waals surface area contributed by atoms with Crippen molar-refractivity contribution in [2.75, 3.05) is 37.7 Å². The van der Waals surface area contributed by atoms with Gasteiger partial charge in [0.15, 0.2) is 11.2 Å². The standard InChI is InChI=1S/C19H26N6O6/c1-4-31-13(26)11-25-15-14(16(27)21-18(25)28)24(6-5-12(2)3)17(20-15)22-7-9-23(10-8-22)19(29)30/h5H,4,6-11H2,1-3H3,(H,29,30)(H,21,27,28). The zero-order valence-electron chi connectivity index (χ0n) is 17.8. The third-order valence-electron chi connectivity index (χ3n) is 4.97. The predicted molar refractivity (Wildman–Crippen MR) is 112 cm³/mol. The zero-order valence-corrected chi connectivity index (χ0v) is 17.8. The zero-order chi connectivity index (χ0) is 22.7. The van der Waals surface area contributed by atoms with E-state index in [2.05, 4.69) is 9.97 Å². The highest BCUT2D eigenvalue weighted by atomic mass is 16.5. The van der Waals surface area contributed by atoms with E-state index in [4.69, 9.17) is 4.74 Å². The summed E-state index contributed by atoms with van der Waals surface area (Å²) in [5.41, 5.74) is -0.0821. The van der Waals surface area contributed by atoms with Crippen molar-refractivity contribution in [3.8, 4) is 0 Å². The summed E-state index contributed by atoms with van der Waals surface area (Å²) in [6.07, 6.45) is 0.927. The normalized spacial score (nSPS) is 14.0. The molecule has 168 valence electrons. The molecular formula is C19H26N6O6. The monoisotopic (exact) mass is 434 g/mol. The molecule has 1 fully saturated rings. The lowest BCUT2D eigenvalue weighted by Gasteiger charge is -2.33. The molecule has 12 heteroatoms. The number of hydrogen-bond donors (Lipinski definition) is 2. The van der Waals surface area contributed by atoms with Crippen LogP contribution in [0.5, 0.6) is 0 Å². The Kier molecular flexibility index (Phi) is 6.47. The van der Waals surface area contributed by atoms with E-state index < -0.39 is 23.3 Å². The first-order valence-corrected chi connectivity index (χ1v) is 9.98. The fourth-order valence-corrected chi connectivity index (χ4v) is 3.43. The molecule has 0 aromatic carbocycles. The third-order valence-corrected chi connectivity index (χ3v) is 4.97. The molecule has 0 bridgehead atoms. The van der Waals surface area contributed by atoms with Crippen molar-refractivity contribution in [3.63, 3.8) is 0 Å². The number of amides is 1. The van der Waals surface area contributed by atoms with Gasteiger partial charge in [-0.25, -0.2) is 9.59 Å². The van der Waals surface area contributed by atoms with Crippen LogP contribution in [0, 0.1) is 0 Å². The molecule has 0 aliphatic carbocycles. The molecule has 1 aliphatic rings. The first-order valence-electron chi connectivity index (χ1n) is 9.98. The minimum Gasteiger partial charge on any atom is -0.465 e. The molecule has 1 aliphatic heterocycles. The van der Waals surface area contributed by atoms with Crippen molar-refractivity contribution in [2.45, 2.75) is 33.9 Å². The fraction of sp³-hybridized carbons (Fsp3) is 0.526. The molecule has 0 spiro atoms. The Morgan fingerprint density at radius 2 is 1.84 bits per heavy atom. The summed E-state index contributed by atoms with van der Waals surface area (Å²) in [6, 6.07) is 0. The van der Waals surface area contributed by atoms with E-state index in [1.807, 2.05) is 24.8 Å². The van der Waals surface area contributed by atoms with Gasteiger partial charge in [-0.3, -0.25) is 19.1 Å². The fourth-order valence-electron chi connectivity index (χ4n) is 3.43. The van der Waals surface area contributed by atoms with E-state index in [-0.39, 0.29) is 37.4 Å². The Bertz CT molecular complexity index is 1130. The molecule has 31 heavy (non-hydrogen) atoms. The highest BCUT2D eigenvalue weighted by molar-refractivity contribution is 5.77. The number of piperazine rings is 1. The second kappa shape index (κ2) is 9.06. The Labute approximate surface area is 177 Å². The molecular weight excluding hydrogens is 408 g/mol. The molecule has 0 unspecified atom stereocenters. The number of H-pyrrole nitrogens is 1. The molecule has 2 aromatic heterocycles. The lowest BCUT2D eigenvalue weighted by molar-refractivity contribution is -0.143. The van der Waals surface area contributed by atoms with E-state index in [9.17, 15) is 24.3 Å². The average Bonchev–Trinajstić information content (AvgIpc) is 3.09. The Morgan fingerprint density at radius 3 is 2.42 bits per heavy atom. The number of aromatic nitrogens is 4. The maximum absolute atomic E-state index is 12.7. The summed E-state index contributed by atoms with van der Waals surface area (Å²) in [4.78, 5) is 58.3. The summed E-state index contributed by atoms with van der Waals surface area (Å²) in [5, 5.41) is 9.19. The van der Waals surface area contributed by atoms with Crippen LogP contribution >= 0.6 is 0 Å². The van der Waals surface area contributed by atoms with Crippen LogP contribution in [-0.2, 0) is 22.6 Å². The van der Waals surface area contributed by atoms with Gasteiger partial charge in [0.2, 0.25) is 5.95 Å². The minimum absolute atomic E-state index is 0.0830. The van der Waals surface area contributed by atoms with Gasteiger partial charge in [-0.2, -0.15) is 4.98 Å². The SMILES string of the molecule is CCOC(=O)Cn1c(=O)[nH]c(=O)c2c1nc(N1CCN(C(=O)O)CC1)n2CC=C(C)C. The molecule has 2 N–H and O–H groups in total. The lowest BCUT2D eigenvalue weighted by atomic mass is 10.3. The average molecular weight is 434 g/mol. The molecule has 1 saturated heterocycles. The van der Waals surface area contributed by atoms with Crippen molar-refractivity contribution in [3.05, 3.63) is 32.5 Å². The molecule has 3 heterocycles. The van der Waals surface area contributed by atoms with E-state index in [0.717, 1.165) is 10.1 Å². The number of aromatic amines is 1. The molecule has 0 radical (unpaired) electrons. The van der Waals surface area contributed by atoms with E-state index in [0.29, 0.717) is 25.6 Å². The number of nitrogens with zero attached hydrogens (tertiary/aromatic N) is 5. The van der Waals surface area contributed by atoms with Crippen LogP contribution in [0.2, 0.25) is 0 Å². The molecule has 2 aromatic rings. The van der Waals surface area contributed by atoms with Crippen LogP contribution in [-0.4, -0.2) is 74.0 Å². The van der Waals surface area contributed by atoms with Crippen molar-refractivity contribution in [1.29, 1.82) is 0 Å².